The Morgan fingerprint density at radius 2 is 2.04 bits per heavy atom. The summed E-state index contributed by atoms with van der Waals surface area (Å²) in [5.74, 6) is 1.35. The predicted octanol–water partition coefficient (Wildman–Crippen LogP) is 2.31. The number of amides is 1. The molecule has 0 aromatic carbocycles. The van der Waals surface area contributed by atoms with Crippen molar-refractivity contribution in [1.29, 1.82) is 0 Å². The van der Waals surface area contributed by atoms with Crippen LogP contribution in [0.3, 0.4) is 0 Å². The zero-order chi connectivity index (χ0) is 17.4. The van der Waals surface area contributed by atoms with Crippen molar-refractivity contribution in [3.63, 3.8) is 0 Å². The Labute approximate surface area is 150 Å². The Balaban J connectivity index is 1.50. The van der Waals surface area contributed by atoms with Gasteiger partial charge in [-0.05, 0) is 63.5 Å². The lowest BCUT2D eigenvalue weighted by Gasteiger charge is -2.41. The molecule has 1 aliphatic carbocycles. The van der Waals surface area contributed by atoms with Gasteiger partial charge in [0.05, 0.1) is 11.5 Å². The first kappa shape index (κ1) is 16.8. The average Bonchev–Trinajstić information content (AvgIpc) is 2.92. The van der Waals surface area contributed by atoms with Crippen LogP contribution in [0.2, 0.25) is 0 Å². The van der Waals surface area contributed by atoms with E-state index in [1.807, 2.05) is 6.07 Å². The summed E-state index contributed by atoms with van der Waals surface area (Å²) in [5.41, 5.74) is 0.894. The number of carbonyl (C=O) groups excluding carboxylic acids is 1. The lowest BCUT2D eigenvalue weighted by Crippen LogP contribution is -2.50. The van der Waals surface area contributed by atoms with Gasteiger partial charge in [-0.1, -0.05) is 0 Å². The highest BCUT2D eigenvalue weighted by Crippen LogP contribution is 2.43. The van der Waals surface area contributed by atoms with Crippen LogP contribution in [0, 0.1) is 18.4 Å². The third kappa shape index (κ3) is 3.03. The summed E-state index contributed by atoms with van der Waals surface area (Å²) >= 11 is 0. The molecule has 1 spiro atoms. The molecule has 4 rings (SSSR count). The van der Waals surface area contributed by atoms with E-state index in [0.717, 1.165) is 76.0 Å². The minimum atomic E-state index is -0.234. The van der Waals surface area contributed by atoms with Crippen molar-refractivity contribution in [1.82, 2.24) is 9.88 Å². The number of pyridine rings is 1. The fourth-order valence-corrected chi connectivity index (χ4v) is 5.02. The molecular weight excluding hydrogens is 314 g/mol. The van der Waals surface area contributed by atoms with Crippen LogP contribution in [-0.4, -0.2) is 52.7 Å². The van der Waals surface area contributed by atoms with Gasteiger partial charge in [0.1, 0.15) is 5.82 Å². The maximum Gasteiger partial charge on any atom is 0.230 e. The first-order chi connectivity index (χ1) is 12.1. The first-order valence-corrected chi connectivity index (χ1v) is 9.66. The van der Waals surface area contributed by atoms with Crippen LogP contribution in [0.5, 0.6) is 0 Å². The number of hydrogen-bond acceptors (Lipinski definition) is 4. The monoisotopic (exact) mass is 342 g/mol. The van der Waals surface area contributed by atoms with Crippen molar-refractivity contribution in [2.24, 2.45) is 5.41 Å². The quantitative estimate of drug-likeness (QED) is 0.896. The molecule has 1 atom stereocenters. The minimum Gasteiger partial charge on any atom is -0.393 e. The highest BCUT2D eigenvalue weighted by atomic mass is 16.3. The molecule has 2 aliphatic heterocycles. The van der Waals surface area contributed by atoms with Gasteiger partial charge in [-0.3, -0.25) is 4.79 Å². The third-order valence-electron chi connectivity index (χ3n) is 6.44. The molecule has 5 heteroatoms. The Hall–Kier alpha value is -1.62. The average molecular weight is 342 g/mol. The van der Waals surface area contributed by atoms with Crippen LogP contribution in [0.25, 0.3) is 0 Å². The van der Waals surface area contributed by atoms with E-state index in [0.29, 0.717) is 11.9 Å². The van der Waals surface area contributed by atoms with Crippen LogP contribution in [0.4, 0.5) is 5.82 Å². The summed E-state index contributed by atoms with van der Waals surface area (Å²) < 4.78 is 0. The lowest BCUT2D eigenvalue weighted by atomic mass is 9.78. The van der Waals surface area contributed by atoms with Crippen LogP contribution in [0.15, 0.2) is 12.3 Å². The van der Waals surface area contributed by atoms with Crippen LogP contribution >= 0.6 is 0 Å². The molecule has 0 bridgehead atoms. The molecule has 1 amide bonds. The second-order valence-corrected chi connectivity index (χ2v) is 8.09. The van der Waals surface area contributed by atoms with Gasteiger partial charge in [-0.25, -0.2) is 4.98 Å². The van der Waals surface area contributed by atoms with Gasteiger partial charge < -0.3 is 14.9 Å². The van der Waals surface area contributed by atoms with Crippen molar-refractivity contribution >= 4 is 11.7 Å². The van der Waals surface area contributed by atoms with Crippen LogP contribution in [-0.2, 0) is 4.79 Å². The van der Waals surface area contributed by atoms with Gasteiger partial charge >= 0.3 is 0 Å². The molecule has 3 aliphatic rings. The standard InChI is InChI=1S/C20H28N3O2/c1-15-4-2-11-21-18(15)22-12-3-9-20(14-22)10-13-23(19(20)25)16-5-7-17(24)8-6-16/h4,11,16-17,24H,3,5-10,12-14H2,1H3/t16-,17+,20-/m1/s1. The second-order valence-electron chi connectivity index (χ2n) is 8.09. The number of hydrogen-bond donors (Lipinski definition) is 1. The number of likely N-dealkylation sites (tertiary alicyclic amines) is 1. The molecule has 1 saturated carbocycles. The maximum absolute atomic E-state index is 13.3. The molecule has 3 heterocycles. The van der Waals surface area contributed by atoms with Gasteiger partial charge in [0, 0.05) is 37.9 Å². The molecule has 2 saturated heterocycles. The number of rotatable bonds is 2. The van der Waals surface area contributed by atoms with E-state index in [4.69, 9.17) is 0 Å². The molecule has 135 valence electrons. The van der Waals surface area contributed by atoms with E-state index < -0.39 is 0 Å². The molecule has 5 nitrogen and oxygen atoms in total. The number of aliphatic hydroxyl groups is 1. The number of aryl methyl sites for hydroxylation is 1. The second kappa shape index (κ2) is 6.60. The summed E-state index contributed by atoms with van der Waals surface area (Å²) in [7, 11) is 0. The van der Waals surface area contributed by atoms with Gasteiger partial charge in [0.25, 0.3) is 0 Å². The number of carbonyl (C=O) groups is 1. The summed E-state index contributed by atoms with van der Waals surface area (Å²) in [5, 5.41) is 9.75. The zero-order valence-electron chi connectivity index (χ0n) is 15.1. The Morgan fingerprint density at radius 1 is 1.24 bits per heavy atom. The number of anilines is 1. The molecule has 3 fully saturated rings. The zero-order valence-corrected chi connectivity index (χ0v) is 15.1. The van der Waals surface area contributed by atoms with E-state index in [1.165, 1.54) is 0 Å². The maximum atomic E-state index is 13.3. The predicted molar refractivity (Wildman–Crippen MR) is 96.3 cm³/mol. The van der Waals surface area contributed by atoms with E-state index in [9.17, 15) is 9.90 Å². The number of piperidine rings is 1. The van der Waals surface area contributed by atoms with Gasteiger partial charge in [0.15, 0.2) is 0 Å². The van der Waals surface area contributed by atoms with E-state index in [-0.39, 0.29) is 11.5 Å². The van der Waals surface area contributed by atoms with E-state index in [2.05, 4.69) is 27.8 Å². The van der Waals surface area contributed by atoms with Crippen molar-refractivity contribution in [3.05, 3.63) is 23.9 Å². The van der Waals surface area contributed by atoms with Crippen molar-refractivity contribution < 1.29 is 9.90 Å². The van der Waals surface area contributed by atoms with E-state index in [1.54, 1.807) is 6.20 Å². The first-order valence-electron chi connectivity index (χ1n) is 9.66. The van der Waals surface area contributed by atoms with Crippen LogP contribution < -0.4 is 4.90 Å². The Kier molecular flexibility index (Phi) is 4.44. The molecule has 1 radical (unpaired) electrons. The topological polar surface area (TPSA) is 56.7 Å². The molecule has 1 aromatic heterocycles. The van der Waals surface area contributed by atoms with Gasteiger partial charge in [-0.2, -0.15) is 0 Å². The minimum absolute atomic E-state index is 0.169. The molecule has 25 heavy (non-hydrogen) atoms. The third-order valence-corrected chi connectivity index (χ3v) is 6.44. The fourth-order valence-electron chi connectivity index (χ4n) is 5.02. The molecule has 1 aromatic rings. The smallest absolute Gasteiger partial charge is 0.230 e. The highest BCUT2D eigenvalue weighted by molar-refractivity contribution is 5.86. The fraction of sp³-hybridized carbons (Fsp3) is 0.700. The molecule has 1 N–H and O–H groups in total. The number of aliphatic hydroxyl groups excluding tert-OH is 1. The molecule has 0 unspecified atom stereocenters. The summed E-state index contributed by atoms with van der Waals surface area (Å²) in [4.78, 5) is 22.3. The van der Waals surface area contributed by atoms with Crippen molar-refractivity contribution in [3.8, 4) is 0 Å². The summed E-state index contributed by atoms with van der Waals surface area (Å²) in [6.07, 6.45) is 8.10. The van der Waals surface area contributed by atoms with Crippen molar-refractivity contribution in [2.45, 2.75) is 64.0 Å². The normalized spacial score (nSPS) is 33.3. The SMILES string of the molecule is Cc1c[c]cnc1N1CCC[C@@]2(CCN([C@H]3CC[C@@H](O)CC3)C2=O)C1. The highest BCUT2D eigenvalue weighted by Gasteiger charge is 2.50. The summed E-state index contributed by atoms with van der Waals surface area (Å²) in [6, 6.07) is 5.33. The summed E-state index contributed by atoms with van der Waals surface area (Å²) in [6.45, 7) is 4.71. The van der Waals surface area contributed by atoms with Gasteiger partial charge in [-0.15, -0.1) is 0 Å². The van der Waals surface area contributed by atoms with Gasteiger partial charge in [0.2, 0.25) is 5.91 Å². The van der Waals surface area contributed by atoms with E-state index >= 15 is 0 Å². The number of nitrogens with zero attached hydrogens (tertiary/aromatic N) is 3. The number of aromatic nitrogens is 1. The largest absolute Gasteiger partial charge is 0.393 e. The Morgan fingerprint density at radius 3 is 2.80 bits per heavy atom. The Bertz CT molecular complexity index is 642. The van der Waals surface area contributed by atoms with Crippen LogP contribution in [0.1, 0.15) is 50.5 Å². The van der Waals surface area contributed by atoms with Crippen molar-refractivity contribution in [2.75, 3.05) is 24.5 Å². The lowest BCUT2D eigenvalue weighted by molar-refractivity contribution is -0.139. The molecular formula is C20H28N3O2.